The van der Waals surface area contributed by atoms with Gasteiger partial charge in [0, 0.05) is 10.9 Å². The van der Waals surface area contributed by atoms with Crippen LogP contribution in [0.2, 0.25) is 0 Å². The van der Waals surface area contributed by atoms with Crippen LogP contribution >= 0.6 is 11.3 Å². The van der Waals surface area contributed by atoms with Crippen LogP contribution in [0.3, 0.4) is 0 Å². The molecule has 1 amide bonds. The van der Waals surface area contributed by atoms with Crippen molar-refractivity contribution in [3.05, 3.63) is 47.0 Å². The highest BCUT2D eigenvalue weighted by Gasteiger charge is 2.16. The number of thiophene rings is 1. The van der Waals surface area contributed by atoms with Gasteiger partial charge in [-0.25, -0.2) is 0 Å². The number of para-hydroxylation sites is 2. The van der Waals surface area contributed by atoms with Gasteiger partial charge in [0.05, 0.1) is 25.9 Å². The Morgan fingerprint density at radius 2 is 2.19 bits per heavy atom. The summed E-state index contributed by atoms with van der Waals surface area (Å²) >= 11 is 1.58. The summed E-state index contributed by atoms with van der Waals surface area (Å²) in [5, 5.41) is 10.9. The maximum absolute atomic E-state index is 12.5. The van der Waals surface area contributed by atoms with E-state index in [9.17, 15) is 4.79 Å². The lowest BCUT2D eigenvalue weighted by Gasteiger charge is -2.19. The minimum atomic E-state index is -0.120. The lowest BCUT2D eigenvalue weighted by atomic mass is 10.3. The van der Waals surface area contributed by atoms with Gasteiger partial charge in [0.2, 0.25) is 17.6 Å². The van der Waals surface area contributed by atoms with E-state index in [-0.39, 0.29) is 12.5 Å². The highest BCUT2D eigenvalue weighted by Crippen LogP contribution is 2.23. The second-order valence-electron chi connectivity index (χ2n) is 5.98. The number of carbonyl (C=O) groups excluding carboxylic acids is 1. The zero-order chi connectivity index (χ0) is 19.1. The molecule has 0 radical (unpaired) electrons. The van der Waals surface area contributed by atoms with Gasteiger partial charge >= 0.3 is 0 Å². The van der Waals surface area contributed by atoms with E-state index in [1.165, 1.54) is 0 Å². The molecule has 8 heteroatoms. The van der Waals surface area contributed by atoms with E-state index in [4.69, 9.17) is 9.26 Å². The van der Waals surface area contributed by atoms with Crippen LogP contribution in [0.1, 0.15) is 19.2 Å². The molecule has 27 heavy (non-hydrogen) atoms. The van der Waals surface area contributed by atoms with Crippen molar-refractivity contribution in [3.63, 3.8) is 0 Å². The van der Waals surface area contributed by atoms with Crippen molar-refractivity contribution < 1.29 is 14.1 Å². The molecule has 0 saturated heterocycles. The predicted molar refractivity (Wildman–Crippen MR) is 105 cm³/mol. The summed E-state index contributed by atoms with van der Waals surface area (Å²) in [5.41, 5.74) is 1.59. The van der Waals surface area contributed by atoms with Gasteiger partial charge in [0.15, 0.2) is 0 Å². The van der Waals surface area contributed by atoms with Crippen LogP contribution < -0.4 is 10.1 Å². The smallest absolute Gasteiger partial charge is 0.241 e. The molecule has 2 aromatic heterocycles. The number of nitrogens with zero attached hydrogens (tertiary/aromatic N) is 3. The Hall–Kier alpha value is -2.71. The highest BCUT2D eigenvalue weighted by atomic mass is 32.1. The van der Waals surface area contributed by atoms with E-state index >= 15 is 0 Å². The Morgan fingerprint density at radius 3 is 2.93 bits per heavy atom. The van der Waals surface area contributed by atoms with E-state index in [0.717, 1.165) is 18.5 Å². The third-order valence-electron chi connectivity index (χ3n) is 3.89. The summed E-state index contributed by atoms with van der Waals surface area (Å²) in [6.07, 6.45) is 0.910. The van der Waals surface area contributed by atoms with E-state index in [2.05, 4.69) is 22.4 Å². The van der Waals surface area contributed by atoms with Gasteiger partial charge in [0.25, 0.3) is 0 Å². The number of hydrogen-bond acceptors (Lipinski definition) is 7. The Bertz CT molecular complexity index is 863. The van der Waals surface area contributed by atoms with Crippen molar-refractivity contribution in [1.29, 1.82) is 0 Å². The average molecular weight is 386 g/mol. The lowest BCUT2D eigenvalue weighted by molar-refractivity contribution is -0.117. The van der Waals surface area contributed by atoms with Crippen molar-refractivity contribution in [2.24, 2.45) is 0 Å². The summed E-state index contributed by atoms with van der Waals surface area (Å²) in [6, 6.07) is 9.28. The Kier molecular flexibility index (Phi) is 6.56. The van der Waals surface area contributed by atoms with Gasteiger partial charge in [-0.05, 0) is 36.5 Å². The van der Waals surface area contributed by atoms with Crippen LogP contribution in [0.25, 0.3) is 11.4 Å². The summed E-state index contributed by atoms with van der Waals surface area (Å²) in [5.74, 6) is 1.58. The van der Waals surface area contributed by atoms with Crippen LogP contribution in [-0.2, 0) is 11.3 Å². The van der Waals surface area contributed by atoms with Gasteiger partial charge in [-0.1, -0.05) is 24.2 Å². The number of rotatable bonds is 9. The topological polar surface area (TPSA) is 80.5 Å². The van der Waals surface area contributed by atoms with E-state index < -0.39 is 0 Å². The van der Waals surface area contributed by atoms with Crippen molar-refractivity contribution >= 4 is 22.9 Å². The lowest BCUT2D eigenvalue weighted by Crippen LogP contribution is -2.33. The second kappa shape index (κ2) is 9.29. The maximum Gasteiger partial charge on any atom is 0.241 e. The van der Waals surface area contributed by atoms with Gasteiger partial charge < -0.3 is 14.6 Å². The molecule has 0 aliphatic carbocycles. The average Bonchev–Trinajstić information content (AvgIpc) is 3.34. The molecule has 2 heterocycles. The molecule has 142 valence electrons. The number of carbonyl (C=O) groups is 1. The van der Waals surface area contributed by atoms with E-state index in [0.29, 0.717) is 29.7 Å². The molecule has 0 saturated carbocycles. The van der Waals surface area contributed by atoms with Crippen molar-refractivity contribution in [2.45, 2.75) is 19.9 Å². The minimum Gasteiger partial charge on any atom is -0.495 e. The number of ether oxygens (including phenoxy) is 1. The van der Waals surface area contributed by atoms with E-state index in [1.807, 2.05) is 46.0 Å². The van der Waals surface area contributed by atoms with Gasteiger partial charge in [0.1, 0.15) is 5.75 Å². The third kappa shape index (κ3) is 5.15. The Balaban J connectivity index is 1.62. The number of nitrogens with one attached hydrogen (secondary N) is 1. The van der Waals surface area contributed by atoms with Crippen molar-refractivity contribution in [2.75, 3.05) is 25.5 Å². The van der Waals surface area contributed by atoms with Crippen LogP contribution in [0.5, 0.6) is 5.75 Å². The fraction of sp³-hybridized carbons (Fsp3) is 0.316. The van der Waals surface area contributed by atoms with Crippen LogP contribution in [0, 0.1) is 0 Å². The number of hydrogen-bond donors (Lipinski definition) is 1. The van der Waals surface area contributed by atoms with E-state index in [1.54, 1.807) is 18.4 Å². The summed E-state index contributed by atoms with van der Waals surface area (Å²) in [4.78, 5) is 18.9. The molecule has 0 unspecified atom stereocenters. The summed E-state index contributed by atoms with van der Waals surface area (Å²) in [7, 11) is 1.58. The molecule has 0 bridgehead atoms. The molecular weight excluding hydrogens is 364 g/mol. The highest BCUT2D eigenvalue weighted by molar-refractivity contribution is 7.08. The first-order valence-corrected chi connectivity index (χ1v) is 9.64. The zero-order valence-corrected chi connectivity index (χ0v) is 16.2. The maximum atomic E-state index is 12.5. The molecular formula is C19H22N4O3S. The van der Waals surface area contributed by atoms with Crippen LogP contribution in [0.15, 0.2) is 45.6 Å². The Morgan fingerprint density at radius 1 is 1.33 bits per heavy atom. The number of benzene rings is 1. The number of methoxy groups -OCH3 is 1. The molecule has 0 aliphatic heterocycles. The molecule has 0 fully saturated rings. The summed E-state index contributed by atoms with van der Waals surface area (Å²) < 4.78 is 10.6. The van der Waals surface area contributed by atoms with Crippen molar-refractivity contribution in [1.82, 2.24) is 15.0 Å². The van der Waals surface area contributed by atoms with Crippen LogP contribution in [-0.4, -0.2) is 41.1 Å². The standard InChI is InChI=1S/C19H22N4O3S/c1-3-9-23(11-17(24)20-15-6-4-5-7-16(15)25-2)12-18-21-19(22-26-18)14-8-10-27-13-14/h4-8,10,13H,3,9,11-12H2,1-2H3,(H,20,24). The first-order chi connectivity index (χ1) is 13.2. The van der Waals surface area contributed by atoms with Crippen LogP contribution in [0.4, 0.5) is 5.69 Å². The first-order valence-electron chi connectivity index (χ1n) is 8.70. The predicted octanol–water partition coefficient (Wildman–Crippen LogP) is 3.66. The third-order valence-corrected chi connectivity index (χ3v) is 4.58. The molecule has 0 spiro atoms. The van der Waals surface area contributed by atoms with Gasteiger partial charge in [-0.15, -0.1) is 0 Å². The van der Waals surface area contributed by atoms with Crippen molar-refractivity contribution in [3.8, 4) is 17.1 Å². The zero-order valence-electron chi connectivity index (χ0n) is 15.3. The number of anilines is 1. The SMILES string of the molecule is CCCN(CC(=O)Nc1ccccc1OC)Cc1nc(-c2ccsc2)no1. The monoisotopic (exact) mass is 386 g/mol. The largest absolute Gasteiger partial charge is 0.495 e. The molecule has 0 aliphatic rings. The molecule has 0 atom stereocenters. The fourth-order valence-electron chi connectivity index (χ4n) is 2.69. The second-order valence-corrected chi connectivity index (χ2v) is 6.76. The number of amides is 1. The molecule has 1 N–H and O–H groups in total. The normalized spacial score (nSPS) is 10.9. The van der Waals surface area contributed by atoms with Gasteiger partial charge in [-0.3, -0.25) is 9.69 Å². The molecule has 7 nitrogen and oxygen atoms in total. The molecule has 3 rings (SSSR count). The first kappa shape index (κ1) is 19.1. The molecule has 1 aromatic carbocycles. The Labute approximate surface area is 162 Å². The summed E-state index contributed by atoms with van der Waals surface area (Å²) in [6.45, 7) is 3.46. The fourth-order valence-corrected chi connectivity index (χ4v) is 3.32. The van der Waals surface area contributed by atoms with Gasteiger partial charge in [-0.2, -0.15) is 16.3 Å². The minimum absolute atomic E-state index is 0.120. The number of aromatic nitrogens is 2. The molecule has 3 aromatic rings. The quantitative estimate of drug-likeness (QED) is 0.604.